The normalized spacial score (nSPS) is 19.6. The van der Waals surface area contributed by atoms with Crippen molar-refractivity contribution >= 4 is 28.9 Å². The quantitative estimate of drug-likeness (QED) is 0.375. The number of hydroxylamine groups is 1. The number of nitrogens with one attached hydrogen (secondary N) is 1. The Labute approximate surface area is 239 Å². The van der Waals surface area contributed by atoms with E-state index >= 15 is 0 Å². The Morgan fingerprint density at radius 3 is 2.55 bits per heavy atom. The van der Waals surface area contributed by atoms with Crippen LogP contribution in [0, 0.1) is 0 Å². The molecule has 1 aromatic heterocycles. The monoisotopic (exact) mass is 557 g/mol. The molecule has 2 aromatic carbocycles. The lowest BCUT2D eigenvalue weighted by molar-refractivity contribution is 0.0118. The number of thiophene rings is 1. The summed E-state index contributed by atoms with van der Waals surface area (Å²) in [7, 11) is 1.67. The number of benzene rings is 2. The summed E-state index contributed by atoms with van der Waals surface area (Å²) in [4.78, 5) is 24.6. The molecule has 208 valence electrons. The SMILES string of the molecule is COc1cc2c(cc1-c1ccc(C(C)=O)s1)OCC1=C2NOC1CN1CCN(CC(C)=Cc2ccccc2)CC1. The fraction of sp³-hybridized carbons (Fsp3) is 0.344. The topological polar surface area (TPSA) is 63.3 Å². The van der Waals surface area contributed by atoms with Crippen LogP contribution in [0.2, 0.25) is 0 Å². The van der Waals surface area contributed by atoms with E-state index in [0.717, 1.165) is 82.9 Å². The summed E-state index contributed by atoms with van der Waals surface area (Å²) in [6.07, 6.45) is 2.22. The fourth-order valence-corrected chi connectivity index (χ4v) is 6.55. The Kier molecular flexibility index (Phi) is 7.76. The van der Waals surface area contributed by atoms with Crippen LogP contribution in [-0.4, -0.2) is 74.7 Å². The van der Waals surface area contributed by atoms with E-state index in [-0.39, 0.29) is 11.9 Å². The third-order valence-corrected chi connectivity index (χ3v) is 8.98. The number of nitrogens with zero attached hydrogens (tertiary/aromatic N) is 2. The van der Waals surface area contributed by atoms with Crippen LogP contribution in [0.1, 0.15) is 34.6 Å². The molecule has 0 radical (unpaired) electrons. The number of hydrogen-bond donors (Lipinski definition) is 1. The summed E-state index contributed by atoms with van der Waals surface area (Å²) in [5.74, 6) is 1.59. The van der Waals surface area contributed by atoms with E-state index in [2.05, 4.69) is 58.6 Å². The molecule has 1 unspecified atom stereocenters. The van der Waals surface area contributed by atoms with Gasteiger partial charge in [0, 0.05) is 60.8 Å². The predicted molar refractivity (Wildman–Crippen MR) is 160 cm³/mol. The molecule has 1 atom stereocenters. The van der Waals surface area contributed by atoms with Crippen molar-refractivity contribution in [2.45, 2.75) is 20.0 Å². The second-order valence-corrected chi connectivity index (χ2v) is 11.7. The molecule has 3 aliphatic rings. The van der Waals surface area contributed by atoms with Gasteiger partial charge >= 0.3 is 0 Å². The number of fused-ring (bicyclic) bond motifs is 2. The highest BCUT2D eigenvalue weighted by Crippen LogP contribution is 2.44. The molecule has 7 nitrogen and oxygen atoms in total. The Morgan fingerprint density at radius 2 is 1.82 bits per heavy atom. The van der Waals surface area contributed by atoms with Gasteiger partial charge < -0.3 is 9.47 Å². The van der Waals surface area contributed by atoms with Crippen LogP contribution >= 0.6 is 11.3 Å². The first-order valence-corrected chi connectivity index (χ1v) is 14.6. The zero-order valence-electron chi connectivity index (χ0n) is 23.2. The minimum Gasteiger partial charge on any atom is -0.496 e. The lowest BCUT2D eigenvalue weighted by Crippen LogP contribution is -2.49. The van der Waals surface area contributed by atoms with Crippen LogP contribution in [-0.2, 0) is 4.84 Å². The highest BCUT2D eigenvalue weighted by atomic mass is 32.1. The minimum atomic E-state index is -0.0597. The molecule has 0 amide bonds. The van der Waals surface area contributed by atoms with Crippen molar-refractivity contribution in [1.82, 2.24) is 15.3 Å². The van der Waals surface area contributed by atoms with Crippen molar-refractivity contribution in [2.24, 2.45) is 0 Å². The molecule has 0 saturated carbocycles. The molecule has 40 heavy (non-hydrogen) atoms. The van der Waals surface area contributed by atoms with Gasteiger partial charge in [0.1, 0.15) is 24.2 Å². The molecule has 8 heteroatoms. The van der Waals surface area contributed by atoms with Gasteiger partial charge in [-0.15, -0.1) is 11.3 Å². The first-order valence-electron chi connectivity index (χ1n) is 13.8. The molecule has 3 aliphatic heterocycles. The van der Waals surface area contributed by atoms with Crippen molar-refractivity contribution in [2.75, 3.05) is 53.0 Å². The van der Waals surface area contributed by atoms with Crippen molar-refractivity contribution in [1.29, 1.82) is 0 Å². The molecule has 6 rings (SSSR count). The second-order valence-electron chi connectivity index (χ2n) is 10.6. The van der Waals surface area contributed by atoms with Gasteiger partial charge in [-0.1, -0.05) is 42.0 Å². The zero-order chi connectivity index (χ0) is 27.6. The molecular weight excluding hydrogens is 522 g/mol. The number of piperazine rings is 1. The Bertz CT molecular complexity index is 1450. The average Bonchev–Trinajstić information content (AvgIpc) is 3.62. The van der Waals surface area contributed by atoms with Gasteiger partial charge in [0.2, 0.25) is 0 Å². The Morgan fingerprint density at radius 1 is 1.05 bits per heavy atom. The summed E-state index contributed by atoms with van der Waals surface area (Å²) < 4.78 is 12.0. The average molecular weight is 558 g/mol. The van der Waals surface area contributed by atoms with E-state index < -0.39 is 0 Å². The zero-order valence-corrected chi connectivity index (χ0v) is 24.1. The number of methoxy groups -OCH3 is 1. The first kappa shape index (κ1) is 26.8. The van der Waals surface area contributed by atoms with Crippen LogP contribution in [0.15, 0.2) is 65.7 Å². The van der Waals surface area contributed by atoms with Crippen LogP contribution in [0.25, 0.3) is 22.2 Å². The molecule has 0 aliphatic carbocycles. The molecule has 0 bridgehead atoms. The largest absolute Gasteiger partial charge is 0.496 e. The van der Waals surface area contributed by atoms with Gasteiger partial charge in [-0.2, -0.15) is 0 Å². The standard InChI is InChI=1S/C32H35N3O4S/c1-21(15-23-7-5-4-6-8-23)18-34-11-13-35(14-12-34)19-29-26-20-38-28-16-24(31-10-9-30(40-31)22(2)36)27(37-3)17-25(28)32(26)33-39-29/h4-10,15-17,29,33H,11-14,18-20H2,1-3H3. The molecule has 1 saturated heterocycles. The highest BCUT2D eigenvalue weighted by Gasteiger charge is 2.35. The molecular formula is C32H35N3O4S. The summed E-state index contributed by atoms with van der Waals surface area (Å²) in [5, 5.41) is 0. The van der Waals surface area contributed by atoms with Crippen LogP contribution < -0.4 is 15.0 Å². The maximum atomic E-state index is 11.8. The van der Waals surface area contributed by atoms with E-state index in [1.807, 2.05) is 24.3 Å². The van der Waals surface area contributed by atoms with Crippen molar-refractivity contribution in [3.8, 4) is 21.9 Å². The van der Waals surface area contributed by atoms with Gasteiger partial charge in [-0.05, 0) is 43.7 Å². The van der Waals surface area contributed by atoms with Gasteiger partial charge in [-0.25, -0.2) is 0 Å². The van der Waals surface area contributed by atoms with Crippen molar-refractivity contribution < 1.29 is 19.1 Å². The lowest BCUT2D eigenvalue weighted by atomic mass is 9.98. The molecule has 4 heterocycles. The van der Waals surface area contributed by atoms with E-state index in [1.54, 1.807) is 14.0 Å². The van der Waals surface area contributed by atoms with Gasteiger partial charge in [0.15, 0.2) is 5.78 Å². The third-order valence-electron chi connectivity index (χ3n) is 7.76. The Balaban J connectivity index is 1.11. The second kappa shape index (κ2) is 11.6. The van der Waals surface area contributed by atoms with Gasteiger partial charge in [0.05, 0.1) is 17.7 Å². The number of Topliss-reactive ketones (excluding diaryl/α,β-unsaturated/α-hetero) is 1. The van der Waals surface area contributed by atoms with Crippen LogP contribution in [0.5, 0.6) is 11.5 Å². The van der Waals surface area contributed by atoms with Crippen molar-refractivity contribution in [3.05, 3.63) is 81.7 Å². The number of carbonyl (C=O) groups excluding carboxylic acids is 1. The summed E-state index contributed by atoms with van der Waals surface area (Å²) in [5.41, 5.74) is 9.82. The molecule has 3 aromatic rings. The first-order chi connectivity index (χ1) is 19.5. The minimum absolute atomic E-state index is 0.0597. The van der Waals surface area contributed by atoms with E-state index in [4.69, 9.17) is 14.3 Å². The molecule has 0 spiro atoms. The number of hydrogen-bond acceptors (Lipinski definition) is 8. The fourth-order valence-electron chi connectivity index (χ4n) is 5.63. The maximum absolute atomic E-state index is 11.8. The van der Waals surface area contributed by atoms with Gasteiger partial charge in [0.25, 0.3) is 0 Å². The lowest BCUT2D eigenvalue weighted by Gasteiger charge is -2.36. The summed E-state index contributed by atoms with van der Waals surface area (Å²) in [6.45, 7) is 10.2. The maximum Gasteiger partial charge on any atom is 0.169 e. The number of ether oxygens (including phenoxy) is 2. The number of rotatable bonds is 8. The summed E-state index contributed by atoms with van der Waals surface area (Å²) in [6, 6.07) is 18.4. The van der Waals surface area contributed by atoms with Crippen LogP contribution in [0.4, 0.5) is 0 Å². The van der Waals surface area contributed by atoms with E-state index in [0.29, 0.717) is 6.61 Å². The smallest absolute Gasteiger partial charge is 0.169 e. The number of carbonyl (C=O) groups is 1. The summed E-state index contributed by atoms with van der Waals surface area (Å²) >= 11 is 1.47. The van der Waals surface area contributed by atoms with Crippen LogP contribution in [0.3, 0.4) is 0 Å². The Hall–Kier alpha value is -3.43. The van der Waals surface area contributed by atoms with Gasteiger partial charge in [-0.3, -0.25) is 24.9 Å². The van der Waals surface area contributed by atoms with Crippen molar-refractivity contribution in [3.63, 3.8) is 0 Å². The number of ketones is 1. The molecule has 1 fully saturated rings. The highest BCUT2D eigenvalue weighted by molar-refractivity contribution is 7.17. The predicted octanol–water partition coefficient (Wildman–Crippen LogP) is 5.35. The molecule has 1 N–H and O–H groups in total. The van der Waals surface area contributed by atoms with E-state index in [9.17, 15) is 4.79 Å². The third kappa shape index (κ3) is 5.58. The van der Waals surface area contributed by atoms with E-state index in [1.165, 1.54) is 22.5 Å².